The number of imide groups is 2. The molecule has 4 aliphatic rings. The molecule has 17 heteroatoms. The van der Waals surface area contributed by atoms with Gasteiger partial charge in [0.15, 0.2) is 23.5 Å². The van der Waals surface area contributed by atoms with E-state index in [2.05, 4.69) is 30.3 Å². The summed E-state index contributed by atoms with van der Waals surface area (Å²) in [6.07, 6.45) is 3.02. The molecular formula is C41H44ClN9O7. The van der Waals surface area contributed by atoms with Crippen LogP contribution in [0.5, 0.6) is 5.75 Å². The average molecular weight is 810 g/mol. The van der Waals surface area contributed by atoms with Gasteiger partial charge in [-0.2, -0.15) is 4.98 Å². The summed E-state index contributed by atoms with van der Waals surface area (Å²) in [5.41, 5.74) is 2.52. The van der Waals surface area contributed by atoms with E-state index in [0.717, 1.165) is 74.6 Å². The second kappa shape index (κ2) is 15.8. The van der Waals surface area contributed by atoms with Gasteiger partial charge in [-0.15, -0.1) is 0 Å². The first kappa shape index (κ1) is 39.0. The summed E-state index contributed by atoms with van der Waals surface area (Å²) in [5, 5.41) is 6.65. The Labute approximate surface area is 339 Å². The highest BCUT2D eigenvalue weighted by molar-refractivity contribution is 6.33. The predicted molar refractivity (Wildman–Crippen MR) is 217 cm³/mol. The molecule has 0 unspecified atom stereocenters. The molecule has 8 rings (SSSR count). The number of piperidine rings is 2. The van der Waals surface area contributed by atoms with Gasteiger partial charge in [-0.05, 0) is 81.5 Å². The Morgan fingerprint density at radius 1 is 0.931 bits per heavy atom. The van der Waals surface area contributed by atoms with E-state index in [4.69, 9.17) is 21.3 Å². The number of nitrogens with zero attached hydrogens (tertiary/aromatic N) is 7. The number of pyridine rings is 1. The summed E-state index contributed by atoms with van der Waals surface area (Å²) in [7, 11) is 1.66. The Morgan fingerprint density at radius 3 is 2.40 bits per heavy atom. The molecule has 6 heterocycles. The minimum atomic E-state index is -0.986. The minimum absolute atomic E-state index is 0.0816. The third-order valence-electron chi connectivity index (χ3n) is 11.6. The van der Waals surface area contributed by atoms with Crippen LogP contribution in [0.2, 0.25) is 5.02 Å². The Kier molecular flexibility index (Phi) is 10.6. The van der Waals surface area contributed by atoms with Crippen LogP contribution >= 0.6 is 11.6 Å². The zero-order chi connectivity index (χ0) is 40.8. The molecule has 0 saturated carbocycles. The number of benzene rings is 2. The first-order chi connectivity index (χ1) is 27.8. The number of fused-ring (bicyclic) bond motifs is 2. The average Bonchev–Trinajstić information content (AvgIpc) is 3.46. The quantitative estimate of drug-likeness (QED) is 0.223. The van der Waals surface area contributed by atoms with Crippen LogP contribution in [-0.4, -0.2) is 112 Å². The summed E-state index contributed by atoms with van der Waals surface area (Å²) < 4.78 is 7.17. The van der Waals surface area contributed by atoms with E-state index in [0.29, 0.717) is 39.5 Å². The number of carbonyl (C=O) groups excluding carboxylic acids is 5. The smallest absolute Gasteiger partial charge is 0.293 e. The standard InChI is InChI=1S/C41H44ClN9O7/c1-23(52)24(2)58-34-19-26-18-27(4-7-32(26)47(3)40(34)57)44-36-31(42)21-43-41(46-36)50-12-10-25(11-13-50)22-48-14-16-49(17-15-48)28-5-6-29-30(20-28)39(56)51(38(29)55)33-8-9-35(53)45-37(33)54/h4-7,18-21,24-25,33H,8-17,22H2,1-3H3,(H,43,44,46)(H,45,53,54)/t24-,33-/m0/s1. The molecule has 0 radical (unpaired) electrons. The van der Waals surface area contributed by atoms with Crippen molar-refractivity contribution in [3.63, 3.8) is 0 Å². The number of hydrogen-bond acceptors (Lipinski definition) is 13. The van der Waals surface area contributed by atoms with Crippen LogP contribution in [0.25, 0.3) is 10.9 Å². The van der Waals surface area contributed by atoms with Crippen LogP contribution in [0.3, 0.4) is 0 Å². The van der Waals surface area contributed by atoms with Crippen LogP contribution in [0.15, 0.2) is 53.5 Å². The molecule has 2 aromatic carbocycles. The third-order valence-corrected chi connectivity index (χ3v) is 11.9. The molecule has 0 spiro atoms. The lowest BCUT2D eigenvalue weighted by molar-refractivity contribution is -0.136. The van der Waals surface area contributed by atoms with Gasteiger partial charge in [-0.1, -0.05) is 11.6 Å². The van der Waals surface area contributed by atoms with Crippen molar-refractivity contribution in [2.24, 2.45) is 13.0 Å². The minimum Gasteiger partial charge on any atom is -0.477 e. The number of Topliss-reactive ketones (excluding diaryl/α,β-unsaturated/α-hetero) is 1. The van der Waals surface area contributed by atoms with Gasteiger partial charge in [-0.3, -0.25) is 43.9 Å². The van der Waals surface area contributed by atoms with Gasteiger partial charge in [0.2, 0.25) is 17.8 Å². The molecule has 4 amide bonds. The van der Waals surface area contributed by atoms with E-state index in [9.17, 15) is 28.8 Å². The van der Waals surface area contributed by atoms with Gasteiger partial charge in [0.1, 0.15) is 11.1 Å². The van der Waals surface area contributed by atoms with E-state index in [1.54, 1.807) is 38.4 Å². The molecule has 3 saturated heterocycles. The third kappa shape index (κ3) is 7.61. The molecular weight excluding hydrogens is 766 g/mol. The van der Waals surface area contributed by atoms with Crippen molar-refractivity contribution >= 4 is 75.1 Å². The highest BCUT2D eigenvalue weighted by atomic mass is 35.5. The molecule has 4 aromatic rings. The highest BCUT2D eigenvalue weighted by Crippen LogP contribution is 2.33. The number of amides is 4. The van der Waals surface area contributed by atoms with Gasteiger partial charge in [0, 0.05) is 76.0 Å². The lowest BCUT2D eigenvalue weighted by Gasteiger charge is -2.39. The number of rotatable bonds is 10. The van der Waals surface area contributed by atoms with Crippen molar-refractivity contribution in [1.29, 1.82) is 0 Å². The zero-order valence-electron chi connectivity index (χ0n) is 32.5. The molecule has 58 heavy (non-hydrogen) atoms. The van der Waals surface area contributed by atoms with Crippen molar-refractivity contribution in [2.75, 3.05) is 60.9 Å². The number of hydrogen-bond donors (Lipinski definition) is 2. The highest BCUT2D eigenvalue weighted by Gasteiger charge is 2.45. The molecule has 0 aliphatic carbocycles. The number of anilines is 4. The maximum absolute atomic E-state index is 13.3. The van der Waals surface area contributed by atoms with Gasteiger partial charge in [0.05, 0.1) is 22.8 Å². The fourth-order valence-corrected chi connectivity index (χ4v) is 8.29. The first-order valence-corrected chi connectivity index (χ1v) is 19.9. The second-order valence-corrected chi connectivity index (χ2v) is 15.8. The molecule has 2 aromatic heterocycles. The molecule has 0 bridgehead atoms. The van der Waals surface area contributed by atoms with Crippen LogP contribution in [0.1, 0.15) is 60.2 Å². The van der Waals surface area contributed by atoms with Gasteiger partial charge < -0.3 is 24.4 Å². The maximum Gasteiger partial charge on any atom is 0.293 e. The number of ketones is 1. The monoisotopic (exact) mass is 809 g/mol. The molecule has 4 aliphatic heterocycles. The molecule has 16 nitrogen and oxygen atoms in total. The molecule has 2 N–H and O–H groups in total. The molecule has 2 atom stereocenters. The SMILES string of the molecule is CC(=O)[C@H](C)Oc1cc2cc(Nc3nc(N4CCC(CN5CCN(c6ccc7c(c6)C(=O)N([C@H]6CCC(=O)NC6=O)C7=O)CC5)CC4)ncc3Cl)ccc2n(C)c1=O. The normalized spacial score (nSPS) is 19.7. The summed E-state index contributed by atoms with van der Waals surface area (Å²) in [6.45, 7) is 8.87. The van der Waals surface area contributed by atoms with E-state index >= 15 is 0 Å². The van der Waals surface area contributed by atoms with Crippen LogP contribution in [0, 0.1) is 5.92 Å². The van der Waals surface area contributed by atoms with Crippen molar-refractivity contribution in [2.45, 2.75) is 51.7 Å². The van der Waals surface area contributed by atoms with Gasteiger partial charge in [-0.25, -0.2) is 4.98 Å². The van der Waals surface area contributed by atoms with Crippen molar-refractivity contribution in [3.8, 4) is 5.75 Å². The van der Waals surface area contributed by atoms with E-state index in [1.807, 2.05) is 24.3 Å². The molecule has 3 fully saturated rings. The van der Waals surface area contributed by atoms with Crippen LogP contribution in [0.4, 0.5) is 23.1 Å². The van der Waals surface area contributed by atoms with Crippen molar-refractivity contribution in [3.05, 3.63) is 75.2 Å². The van der Waals surface area contributed by atoms with Crippen molar-refractivity contribution < 1.29 is 28.7 Å². The number of nitrogens with one attached hydrogen (secondary N) is 2. The summed E-state index contributed by atoms with van der Waals surface area (Å²) >= 11 is 6.56. The Balaban J connectivity index is 0.846. The number of aromatic nitrogens is 3. The molecule has 302 valence electrons. The number of ether oxygens (including phenoxy) is 1. The fraction of sp³-hybridized carbons (Fsp3) is 0.415. The van der Waals surface area contributed by atoms with Crippen LogP contribution < -0.4 is 30.7 Å². The maximum atomic E-state index is 13.3. The van der Waals surface area contributed by atoms with Gasteiger partial charge >= 0.3 is 0 Å². The summed E-state index contributed by atoms with van der Waals surface area (Å²) in [5.74, 6) is -0.540. The lowest BCUT2D eigenvalue weighted by Crippen LogP contribution is -2.54. The van der Waals surface area contributed by atoms with Crippen molar-refractivity contribution in [1.82, 2.24) is 29.7 Å². The fourth-order valence-electron chi connectivity index (χ4n) is 8.15. The number of halogens is 1. The Hall–Kier alpha value is -5.87. The van der Waals surface area contributed by atoms with E-state index in [-0.39, 0.29) is 35.5 Å². The number of carbonyl (C=O) groups is 5. The number of piperazine rings is 1. The van der Waals surface area contributed by atoms with E-state index in [1.165, 1.54) is 11.5 Å². The second-order valence-electron chi connectivity index (χ2n) is 15.4. The predicted octanol–water partition coefficient (Wildman–Crippen LogP) is 3.52. The summed E-state index contributed by atoms with van der Waals surface area (Å²) in [6, 6.07) is 11.5. The van der Waals surface area contributed by atoms with Crippen LogP contribution in [-0.2, 0) is 21.4 Å². The first-order valence-electron chi connectivity index (χ1n) is 19.5. The Morgan fingerprint density at radius 2 is 1.67 bits per heavy atom. The Bertz CT molecular complexity index is 2410. The lowest BCUT2D eigenvalue weighted by atomic mass is 9.96. The number of aryl methyl sites for hydroxylation is 1. The summed E-state index contributed by atoms with van der Waals surface area (Å²) in [4.78, 5) is 92.4. The largest absolute Gasteiger partial charge is 0.477 e. The topological polar surface area (TPSA) is 179 Å². The van der Waals surface area contributed by atoms with E-state index < -0.39 is 35.8 Å². The zero-order valence-corrected chi connectivity index (χ0v) is 33.3. The van der Waals surface area contributed by atoms with Gasteiger partial charge in [0.25, 0.3) is 17.4 Å².